The summed E-state index contributed by atoms with van der Waals surface area (Å²) in [7, 11) is 0. The second kappa shape index (κ2) is 7.22. The Hall–Kier alpha value is -1.64. The lowest BCUT2D eigenvalue weighted by atomic mass is 9.83. The van der Waals surface area contributed by atoms with Crippen molar-refractivity contribution in [3.05, 3.63) is 23.9 Å². The molecule has 1 aromatic heterocycles. The summed E-state index contributed by atoms with van der Waals surface area (Å²) >= 11 is 0. The second-order valence-electron chi connectivity index (χ2n) is 5.37. The van der Waals surface area contributed by atoms with Crippen LogP contribution in [0, 0.1) is 17.2 Å². The Bertz CT molecular complexity index is 449. The van der Waals surface area contributed by atoms with Gasteiger partial charge < -0.3 is 15.5 Å². The summed E-state index contributed by atoms with van der Waals surface area (Å²) in [4.78, 5) is 4.11. The summed E-state index contributed by atoms with van der Waals surface area (Å²) in [6.07, 6.45) is 6.46. The molecule has 1 saturated carbocycles. The third kappa shape index (κ3) is 3.69. The minimum Gasteiger partial charge on any atom is -0.394 e. The van der Waals surface area contributed by atoms with Gasteiger partial charge in [0.15, 0.2) is 0 Å². The molecule has 0 bridgehead atoms. The third-order valence-electron chi connectivity index (χ3n) is 3.97. The summed E-state index contributed by atoms with van der Waals surface area (Å²) in [6, 6.07) is 4.94. The maximum absolute atomic E-state index is 10.4. The zero-order valence-corrected chi connectivity index (χ0v) is 11.5. The molecule has 0 aromatic carbocycles. The molecule has 20 heavy (non-hydrogen) atoms. The molecule has 2 unspecified atom stereocenters. The highest BCUT2D eigenvalue weighted by molar-refractivity contribution is 5.40. The minimum absolute atomic E-state index is 0.140. The molecular formula is C15H21N3O2. The molecule has 3 N–H and O–H groups in total. The number of aliphatic hydroxyl groups excluding tert-OH is 2. The van der Waals surface area contributed by atoms with E-state index in [-0.39, 0.29) is 12.5 Å². The van der Waals surface area contributed by atoms with Gasteiger partial charge in [0, 0.05) is 6.20 Å². The van der Waals surface area contributed by atoms with Gasteiger partial charge in [-0.1, -0.05) is 19.3 Å². The van der Waals surface area contributed by atoms with Gasteiger partial charge in [0.2, 0.25) is 0 Å². The smallest absolute Gasteiger partial charge is 0.126 e. The molecule has 0 amide bonds. The van der Waals surface area contributed by atoms with Crippen LogP contribution in [0.5, 0.6) is 0 Å². The molecule has 1 aromatic rings. The van der Waals surface area contributed by atoms with Crippen LogP contribution in [0.15, 0.2) is 18.3 Å². The molecule has 5 heteroatoms. The second-order valence-corrected chi connectivity index (χ2v) is 5.37. The van der Waals surface area contributed by atoms with Gasteiger partial charge in [0.05, 0.1) is 24.3 Å². The number of aromatic nitrogens is 1. The van der Waals surface area contributed by atoms with Crippen molar-refractivity contribution in [3.8, 4) is 6.07 Å². The van der Waals surface area contributed by atoms with E-state index in [2.05, 4.69) is 10.3 Å². The summed E-state index contributed by atoms with van der Waals surface area (Å²) in [5.41, 5.74) is 0.490. The zero-order valence-electron chi connectivity index (χ0n) is 11.5. The standard InChI is InChI=1S/C15H21N3O2/c16-8-11-6-7-14(17-9-11)18-13(10-19)15(20)12-4-2-1-3-5-12/h6-7,9,12-13,15,19-20H,1-5,10H2,(H,17,18). The number of hydrogen-bond donors (Lipinski definition) is 3. The monoisotopic (exact) mass is 275 g/mol. The molecule has 0 spiro atoms. The van der Waals surface area contributed by atoms with Crippen molar-refractivity contribution in [2.75, 3.05) is 11.9 Å². The van der Waals surface area contributed by atoms with E-state index in [1.165, 1.54) is 12.6 Å². The Morgan fingerprint density at radius 1 is 1.35 bits per heavy atom. The molecule has 0 aliphatic heterocycles. The molecule has 1 heterocycles. The first-order valence-corrected chi connectivity index (χ1v) is 7.16. The van der Waals surface area contributed by atoms with Crippen LogP contribution >= 0.6 is 0 Å². The van der Waals surface area contributed by atoms with Gasteiger partial charge in [-0.3, -0.25) is 0 Å². The van der Waals surface area contributed by atoms with Crippen molar-refractivity contribution in [1.82, 2.24) is 4.98 Å². The molecule has 0 saturated heterocycles. The number of aliphatic hydroxyl groups is 2. The van der Waals surface area contributed by atoms with Gasteiger partial charge in [-0.2, -0.15) is 5.26 Å². The largest absolute Gasteiger partial charge is 0.394 e. The number of rotatable bonds is 5. The zero-order chi connectivity index (χ0) is 14.4. The Morgan fingerprint density at radius 3 is 2.65 bits per heavy atom. The number of pyridine rings is 1. The average Bonchev–Trinajstić information content (AvgIpc) is 2.53. The lowest BCUT2D eigenvalue weighted by Crippen LogP contribution is -2.42. The van der Waals surface area contributed by atoms with Crippen LogP contribution in [-0.2, 0) is 0 Å². The summed E-state index contributed by atoms with van der Waals surface area (Å²) in [5.74, 6) is 0.810. The van der Waals surface area contributed by atoms with Gasteiger partial charge in [0.25, 0.3) is 0 Å². The third-order valence-corrected chi connectivity index (χ3v) is 3.97. The van der Waals surface area contributed by atoms with Crippen LogP contribution < -0.4 is 5.32 Å². The van der Waals surface area contributed by atoms with E-state index < -0.39 is 12.1 Å². The SMILES string of the molecule is N#Cc1ccc(NC(CO)C(O)C2CCCCC2)nc1. The molecule has 5 nitrogen and oxygen atoms in total. The van der Waals surface area contributed by atoms with Crippen molar-refractivity contribution in [3.63, 3.8) is 0 Å². The van der Waals surface area contributed by atoms with E-state index in [1.54, 1.807) is 12.1 Å². The Morgan fingerprint density at radius 2 is 2.10 bits per heavy atom. The van der Waals surface area contributed by atoms with Crippen LogP contribution in [0.1, 0.15) is 37.7 Å². The van der Waals surface area contributed by atoms with Gasteiger partial charge >= 0.3 is 0 Å². The molecule has 0 radical (unpaired) electrons. The Balaban J connectivity index is 1.98. The van der Waals surface area contributed by atoms with Crippen LogP contribution in [0.3, 0.4) is 0 Å². The Kier molecular flexibility index (Phi) is 5.33. The van der Waals surface area contributed by atoms with Crippen molar-refractivity contribution in [2.45, 2.75) is 44.2 Å². The van der Waals surface area contributed by atoms with Crippen molar-refractivity contribution >= 4 is 5.82 Å². The lowest BCUT2D eigenvalue weighted by Gasteiger charge is -2.32. The number of nitrogens with one attached hydrogen (secondary N) is 1. The fourth-order valence-corrected chi connectivity index (χ4v) is 2.78. The van der Waals surface area contributed by atoms with Gasteiger partial charge in [-0.05, 0) is 30.9 Å². The molecular weight excluding hydrogens is 254 g/mol. The Labute approximate surface area is 119 Å². The normalized spacial score (nSPS) is 19.1. The van der Waals surface area contributed by atoms with Gasteiger partial charge in [0.1, 0.15) is 11.9 Å². The lowest BCUT2D eigenvalue weighted by molar-refractivity contribution is 0.0493. The van der Waals surface area contributed by atoms with Crippen molar-refractivity contribution in [2.24, 2.45) is 5.92 Å². The van der Waals surface area contributed by atoms with E-state index >= 15 is 0 Å². The summed E-state index contributed by atoms with van der Waals surface area (Å²) in [6.45, 7) is -0.140. The van der Waals surface area contributed by atoms with Crippen molar-refractivity contribution < 1.29 is 10.2 Å². The predicted octanol–water partition coefficient (Wildman–Crippen LogP) is 1.67. The van der Waals surface area contributed by atoms with Gasteiger partial charge in [-0.15, -0.1) is 0 Å². The summed E-state index contributed by atoms with van der Waals surface area (Å²) < 4.78 is 0. The van der Waals surface area contributed by atoms with Crippen LogP contribution in [0.2, 0.25) is 0 Å². The van der Waals surface area contributed by atoms with Gasteiger partial charge in [-0.25, -0.2) is 4.98 Å². The first kappa shape index (κ1) is 14.8. The topological polar surface area (TPSA) is 89.2 Å². The molecule has 1 aliphatic rings. The first-order chi connectivity index (χ1) is 9.74. The highest BCUT2D eigenvalue weighted by Gasteiger charge is 2.28. The van der Waals surface area contributed by atoms with E-state index in [9.17, 15) is 10.2 Å². The van der Waals surface area contributed by atoms with Crippen LogP contribution in [0.25, 0.3) is 0 Å². The van der Waals surface area contributed by atoms with Crippen LogP contribution in [-0.4, -0.2) is 33.9 Å². The molecule has 1 aliphatic carbocycles. The average molecular weight is 275 g/mol. The number of hydrogen-bond acceptors (Lipinski definition) is 5. The molecule has 1 fully saturated rings. The molecule has 2 rings (SSSR count). The van der Waals surface area contributed by atoms with E-state index in [0.29, 0.717) is 11.4 Å². The van der Waals surface area contributed by atoms with Crippen molar-refractivity contribution in [1.29, 1.82) is 5.26 Å². The fourth-order valence-electron chi connectivity index (χ4n) is 2.78. The first-order valence-electron chi connectivity index (χ1n) is 7.16. The highest BCUT2D eigenvalue weighted by Crippen LogP contribution is 2.28. The molecule has 108 valence electrons. The predicted molar refractivity (Wildman–Crippen MR) is 76.0 cm³/mol. The van der Waals surface area contributed by atoms with E-state index in [4.69, 9.17) is 5.26 Å². The maximum atomic E-state index is 10.4. The number of nitrogens with zero attached hydrogens (tertiary/aromatic N) is 2. The number of nitriles is 1. The highest BCUT2D eigenvalue weighted by atomic mass is 16.3. The molecule has 2 atom stereocenters. The maximum Gasteiger partial charge on any atom is 0.126 e. The fraction of sp³-hybridized carbons (Fsp3) is 0.600. The summed E-state index contributed by atoms with van der Waals surface area (Å²) in [5, 5.41) is 31.7. The number of anilines is 1. The minimum atomic E-state index is -0.572. The van der Waals surface area contributed by atoms with Crippen LogP contribution in [0.4, 0.5) is 5.82 Å². The van der Waals surface area contributed by atoms with E-state index in [0.717, 1.165) is 25.7 Å². The van der Waals surface area contributed by atoms with E-state index in [1.807, 2.05) is 6.07 Å². The quantitative estimate of drug-likeness (QED) is 0.760.